The first-order chi connectivity index (χ1) is 13.8. The van der Waals surface area contributed by atoms with Crippen LogP contribution in [-0.2, 0) is 14.8 Å². The molecule has 1 heterocycles. The number of carbonyl (C=O) groups excluding carboxylic acids is 1. The van der Waals surface area contributed by atoms with E-state index in [1.165, 1.54) is 10.4 Å². The number of nitrogens with zero attached hydrogens (tertiary/aromatic N) is 1. The van der Waals surface area contributed by atoms with Crippen molar-refractivity contribution < 1.29 is 17.9 Å². The van der Waals surface area contributed by atoms with Gasteiger partial charge in [0.05, 0.1) is 17.1 Å². The number of nitrogens with one attached hydrogen (secondary N) is 1. The van der Waals surface area contributed by atoms with Gasteiger partial charge in [-0.05, 0) is 43.7 Å². The molecule has 0 aromatic heterocycles. The molecule has 29 heavy (non-hydrogen) atoms. The Balaban J connectivity index is 1.91. The van der Waals surface area contributed by atoms with Crippen LogP contribution in [0.1, 0.15) is 31.7 Å². The van der Waals surface area contributed by atoms with Gasteiger partial charge in [-0.25, -0.2) is 8.42 Å². The molecule has 1 aliphatic heterocycles. The van der Waals surface area contributed by atoms with Gasteiger partial charge in [0.15, 0.2) is 6.10 Å². The lowest BCUT2D eigenvalue weighted by Gasteiger charge is -2.35. The molecule has 2 aromatic carbocycles. The van der Waals surface area contributed by atoms with Gasteiger partial charge in [0.2, 0.25) is 0 Å². The first-order valence-electron chi connectivity index (χ1n) is 9.66. The molecule has 8 heteroatoms. The average molecular weight is 437 g/mol. The summed E-state index contributed by atoms with van der Waals surface area (Å²) in [7, 11) is -3.89. The lowest BCUT2D eigenvalue weighted by molar-refractivity contribution is -0.127. The highest BCUT2D eigenvalue weighted by atomic mass is 35.5. The number of hydrogen-bond acceptors (Lipinski definition) is 4. The van der Waals surface area contributed by atoms with Gasteiger partial charge in [0, 0.05) is 11.6 Å². The molecule has 1 aliphatic rings. The van der Waals surface area contributed by atoms with Crippen molar-refractivity contribution in [2.75, 3.05) is 17.4 Å². The number of hydrogen-bond donors (Lipinski definition) is 1. The van der Waals surface area contributed by atoms with E-state index in [1.807, 2.05) is 6.92 Å². The minimum Gasteiger partial charge on any atom is -0.476 e. The largest absolute Gasteiger partial charge is 0.476 e. The number of ether oxygens (including phenoxy) is 1. The van der Waals surface area contributed by atoms with Gasteiger partial charge in [-0.15, -0.1) is 0 Å². The quantitative estimate of drug-likeness (QED) is 0.667. The molecule has 0 fully saturated rings. The molecule has 0 saturated carbocycles. The van der Waals surface area contributed by atoms with Crippen LogP contribution in [0.15, 0.2) is 47.4 Å². The Labute approximate surface area is 176 Å². The number of benzene rings is 2. The molecule has 1 atom stereocenters. The number of rotatable bonds is 7. The van der Waals surface area contributed by atoms with Crippen molar-refractivity contribution in [3.8, 4) is 5.75 Å². The predicted octanol–water partition coefficient (Wildman–Crippen LogP) is 3.91. The third-order valence-electron chi connectivity index (χ3n) is 4.77. The van der Waals surface area contributed by atoms with Gasteiger partial charge in [-0.1, -0.05) is 49.1 Å². The van der Waals surface area contributed by atoms with E-state index in [9.17, 15) is 13.2 Å². The van der Waals surface area contributed by atoms with E-state index in [4.69, 9.17) is 16.3 Å². The fourth-order valence-electron chi connectivity index (χ4n) is 3.13. The Morgan fingerprint density at radius 2 is 1.93 bits per heavy atom. The van der Waals surface area contributed by atoms with Gasteiger partial charge < -0.3 is 10.1 Å². The van der Waals surface area contributed by atoms with Crippen LogP contribution in [0.25, 0.3) is 0 Å². The number of amides is 1. The zero-order chi connectivity index (χ0) is 21.0. The Kier molecular flexibility index (Phi) is 6.70. The average Bonchev–Trinajstić information content (AvgIpc) is 2.70. The van der Waals surface area contributed by atoms with E-state index in [2.05, 4.69) is 12.2 Å². The summed E-state index contributed by atoms with van der Waals surface area (Å²) < 4.78 is 33.7. The molecule has 1 N–H and O–H groups in total. The summed E-state index contributed by atoms with van der Waals surface area (Å²) in [6.45, 7) is 4.38. The Morgan fingerprint density at radius 3 is 2.62 bits per heavy atom. The van der Waals surface area contributed by atoms with E-state index in [0.717, 1.165) is 24.8 Å². The smallest absolute Gasteiger partial charge is 0.264 e. The van der Waals surface area contributed by atoms with Crippen molar-refractivity contribution in [1.29, 1.82) is 0 Å². The molecule has 0 saturated heterocycles. The first-order valence-corrected chi connectivity index (χ1v) is 11.5. The molecular weight excluding hydrogens is 412 g/mol. The number of anilines is 1. The fourth-order valence-corrected chi connectivity index (χ4v) is 4.76. The van der Waals surface area contributed by atoms with Gasteiger partial charge >= 0.3 is 0 Å². The molecule has 6 nitrogen and oxygen atoms in total. The first kappa shape index (κ1) is 21.5. The number of sulfonamides is 1. The van der Waals surface area contributed by atoms with Crippen LogP contribution in [0.4, 0.5) is 5.69 Å². The van der Waals surface area contributed by atoms with E-state index in [-0.39, 0.29) is 17.3 Å². The second-order valence-corrected chi connectivity index (χ2v) is 9.36. The van der Waals surface area contributed by atoms with E-state index >= 15 is 0 Å². The fraction of sp³-hybridized carbons (Fsp3) is 0.381. The van der Waals surface area contributed by atoms with Crippen molar-refractivity contribution in [3.63, 3.8) is 0 Å². The van der Waals surface area contributed by atoms with Crippen LogP contribution in [-0.4, -0.2) is 33.5 Å². The molecule has 2 aromatic rings. The SMILES string of the molecule is CCCCCNC(=O)[C@H]1CN(S(=O)(=O)c2ccc(C)cc2)c2cc(Cl)ccc2O1. The summed E-state index contributed by atoms with van der Waals surface area (Å²) >= 11 is 6.10. The molecule has 0 spiro atoms. The number of fused-ring (bicyclic) bond motifs is 1. The minimum absolute atomic E-state index is 0.122. The van der Waals surface area contributed by atoms with Crippen LogP contribution >= 0.6 is 11.6 Å². The second-order valence-electron chi connectivity index (χ2n) is 7.07. The van der Waals surface area contributed by atoms with Crippen LogP contribution < -0.4 is 14.4 Å². The van der Waals surface area contributed by atoms with Crippen LogP contribution in [0.2, 0.25) is 5.02 Å². The van der Waals surface area contributed by atoms with E-state index in [1.54, 1.807) is 36.4 Å². The summed E-state index contributed by atoms with van der Waals surface area (Å²) in [5.74, 6) is -0.0177. The molecule has 0 unspecified atom stereocenters. The summed E-state index contributed by atoms with van der Waals surface area (Å²) in [6, 6.07) is 11.3. The maximum absolute atomic E-state index is 13.3. The zero-order valence-electron chi connectivity index (χ0n) is 16.5. The highest BCUT2D eigenvalue weighted by molar-refractivity contribution is 7.92. The topological polar surface area (TPSA) is 75.7 Å². The van der Waals surface area contributed by atoms with Crippen molar-refractivity contribution >= 4 is 33.2 Å². The van der Waals surface area contributed by atoms with Gasteiger partial charge in [0.1, 0.15) is 5.75 Å². The summed E-state index contributed by atoms with van der Waals surface area (Å²) in [6.07, 6.45) is 1.99. The van der Waals surface area contributed by atoms with Crippen LogP contribution in [0, 0.1) is 6.92 Å². The van der Waals surface area contributed by atoms with Crippen molar-refractivity contribution in [3.05, 3.63) is 53.1 Å². The Morgan fingerprint density at radius 1 is 1.21 bits per heavy atom. The summed E-state index contributed by atoms with van der Waals surface area (Å²) in [4.78, 5) is 12.8. The zero-order valence-corrected chi connectivity index (χ0v) is 18.1. The van der Waals surface area contributed by atoms with Crippen molar-refractivity contribution in [2.24, 2.45) is 0 Å². The third kappa shape index (κ3) is 4.85. The maximum atomic E-state index is 13.3. The van der Waals surface area contributed by atoms with E-state index in [0.29, 0.717) is 23.0 Å². The third-order valence-corrected chi connectivity index (χ3v) is 6.80. The van der Waals surface area contributed by atoms with Crippen LogP contribution in [0.3, 0.4) is 0 Å². The monoisotopic (exact) mass is 436 g/mol. The Hall–Kier alpha value is -2.25. The minimum atomic E-state index is -3.89. The molecular formula is C21H25ClN2O4S. The summed E-state index contributed by atoms with van der Waals surface area (Å²) in [5, 5.41) is 3.23. The second kappa shape index (κ2) is 9.05. The lowest BCUT2D eigenvalue weighted by atomic mass is 10.2. The van der Waals surface area contributed by atoms with Crippen molar-refractivity contribution in [1.82, 2.24) is 5.32 Å². The molecule has 0 bridgehead atoms. The van der Waals surface area contributed by atoms with Gasteiger partial charge in [0.25, 0.3) is 15.9 Å². The molecule has 156 valence electrons. The van der Waals surface area contributed by atoms with Gasteiger partial charge in [-0.2, -0.15) is 0 Å². The number of unbranched alkanes of at least 4 members (excludes halogenated alkanes) is 2. The van der Waals surface area contributed by atoms with Gasteiger partial charge in [-0.3, -0.25) is 9.10 Å². The lowest BCUT2D eigenvalue weighted by Crippen LogP contribution is -2.50. The normalized spacial score (nSPS) is 16.1. The van der Waals surface area contributed by atoms with Crippen LogP contribution in [0.5, 0.6) is 5.75 Å². The molecule has 0 aliphatic carbocycles. The van der Waals surface area contributed by atoms with E-state index < -0.39 is 16.1 Å². The highest BCUT2D eigenvalue weighted by Crippen LogP contribution is 2.38. The maximum Gasteiger partial charge on any atom is 0.264 e. The number of carbonyl (C=O) groups is 1. The standard InChI is InChI=1S/C21H25ClN2O4S/c1-3-4-5-12-23-21(25)20-14-24(18-13-16(22)8-11-19(18)28-20)29(26,27)17-9-6-15(2)7-10-17/h6-11,13,20H,3-5,12,14H2,1-2H3,(H,23,25)/t20-/m1/s1. The highest BCUT2D eigenvalue weighted by Gasteiger charge is 2.37. The molecule has 0 radical (unpaired) electrons. The van der Waals surface area contributed by atoms with Crippen molar-refractivity contribution in [2.45, 2.75) is 44.1 Å². The predicted molar refractivity (Wildman–Crippen MR) is 114 cm³/mol. The Bertz CT molecular complexity index is 977. The summed E-state index contributed by atoms with van der Waals surface area (Å²) in [5.41, 5.74) is 1.28. The number of aryl methyl sites for hydroxylation is 1. The molecule has 1 amide bonds. The number of halogens is 1. The molecule has 3 rings (SSSR count).